The molecule has 0 aliphatic heterocycles. The monoisotopic (exact) mass is 529 g/mol. The van der Waals surface area contributed by atoms with Crippen LogP contribution in [0.1, 0.15) is 25.5 Å². The maximum atomic E-state index is 14.7. The van der Waals surface area contributed by atoms with Gasteiger partial charge in [-0.15, -0.1) is 0 Å². The van der Waals surface area contributed by atoms with Crippen molar-refractivity contribution < 1.29 is 23.6 Å². The molecule has 11 nitrogen and oxygen atoms in total. The highest BCUT2D eigenvalue weighted by Crippen LogP contribution is 2.27. The van der Waals surface area contributed by atoms with Crippen LogP contribution in [0.25, 0.3) is 0 Å². The van der Waals surface area contributed by atoms with Gasteiger partial charge in [-0.1, -0.05) is 23.7 Å². The minimum atomic E-state index is -1.17. The van der Waals surface area contributed by atoms with Crippen LogP contribution in [0.4, 0.5) is 16.0 Å². The second kappa shape index (κ2) is 10.7. The second-order valence-electron chi connectivity index (χ2n) is 8.16. The number of hydrogen-bond acceptors (Lipinski definition) is 8. The smallest absolute Gasteiger partial charge is 0.355 e. The van der Waals surface area contributed by atoms with E-state index >= 15 is 0 Å². The molecule has 13 heteroatoms. The van der Waals surface area contributed by atoms with Crippen LogP contribution in [-0.4, -0.2) is 30.4 Å². The molecular formula is C24H21ClFN5O6. The maximum Gasteiger partial charge on any atom is 0.355 e. The van der Waals surface area contributed by atoms with E-state index in [1.807, 2.05) is 0 Å². The molecule has 4 aromatic rings. The summed E-state index contributed by atoms with van der Waals surface area (Å²) < 4.78 is 26.6. The lowest BCUT2D eigenvalue weighted by molar-refractivity contribution is -0.142. The normalized spacial score (nSPS) is 12.6. The van der Waals surface area contributed by atoms with Crippen LogP contribution in [0.3, 0.4) is 0 Å². The van der Waals surface area contributed by atoms with E-state index in [-0.39, 0.29) is 29.8 Å². The van der Waals surface area contributed by atoms with Crippen molar-refractivity contribution in [3.8, 4) is 11.6 Å². The molecule has 0 saturated carbocycles. The standard InChI is InChI=1S/C24H21ClFN5O6/c1-13(21(32)33)14(2)31-23(34)28-22(30(24(31)35)12-15-3-5-16(25)6-4-15)27-17-7-8-19(18(26)11-17)37-20-9-10-36-29-20/h3-11,13-14H,12H2,1-2H3,(H,32,33)(H,27,28,34)/t13-,14+/m1/s1. The van der Waals surface area contributed by atoms with Crippen molar-refractivity contribution in [2.45, 2.75) is 26.4 Å². The molecule has 2 atom stereocenters. The van der Waals surface area contributed by atoms with E-state index in [4.69, 9.17) is 16.3 Å². The van der Waals surface area contributed by atoms with E-state index < -0.39 is 35.1 Å². The molecule has 192 valence electrons. The van der Waals surface area contributed by atoms with Gasteiger partial charge in [0.15, 0.2) is 11.6 Å². The number of ether oxygens (including phenoxy) is 1. The van der Waals surface area contributed by atoms with Crippen molar-refractivity contribution in [1.29, 1.82) is 0 Å². The van der Waals surface area contributed by atoms with Crippen molar-refractivity contribution in [3.05, 3.63) is 92.2 Å². The van der Waals surface area contributed by atoms with Crippen molar-refractivity contribution in [2.75, 3.05) is 5.32 Å². The van der Waals surface area contributed by atoms with E-state index in [2.05, 4.69) is 20.0 Å². The molecule has 37 heavy (non-hydrogen) atoms. The number of rotatable bonds is 9. The van der Waals surface area contributed by atoms with Gasteiger partial charge < -0.3 is 19.7 Å². The van der Waals surface area contributed by atoms with Gasteiger partial charge >= 0.3 is 17.3 Å². The van der Waals surface area contributed by atoms with Crippen molar-refractivity contribution in [2.24, 2.45) is 5.92 Å². The summed E-state index contributed by atoms with van der Waals surface area (Å²) in [5.74, 6) is -3.20. The Morgan fingerprint density at radius 3 is 2.54 bits per heavy atom. The van der Waals surface area contributed by atoms with Crippen LogP contribution < -0.4 is 21.4 Å². The Labute approximate surface area is 213 Å². The van der Waals surface area contributed by atoms with E-state index in [1.54, 1.807) is 24.3 Å². The van der Waals surface area contributed by atoms with E-state index in [9.17, 15) is 23.9 Å². The average Bonchev–Trinajstić information content (AvgIpc) is 3.37. The predicted molar refractivity (Wildman–Crippen MR) is 131 cm³/mol. The van der Waals surface area contributed by atoms with Gasteiger partial charge in [-0.2, -0.15) is 4.98 Å². The summed E-state index contributed by atoms with van der Waals surface area (Å²) >= 11 is 5.96. The maximum absolute atomic E-state index is 14.7. The first-order valence-electron chi connectivity index (χ1n) is 11.0. The topological polar surface area (TPSA) is 141 Å². The highest BCUT2D eigenvalue weighted by Gasteiger charge is 2.26. The molecule has 0 unspecified atom stereocenters. The molecule has 2 heterocycles. The zero-order valence-electron chi connectivity index (χ0n) is 19.6. The number of nitrogens with one attached hydrogen (secondary N) is 1. The fraction of sp³-hybridized carbons (Fsp3) is 0.208. The number of halogens is 2. The van der Waals surface area contributed by atoms with E-state index in [0.717, 1.165) is 15.2 Å². The van der Waals surface area contributed by atoms with E-state index in [1.165, 1.54) is 38.3 Å². The summed E-state index contributed by atoms with van der Waals surface area (Å²) in [7, 11) is 0. The van der Waals surface area contributed by atoms with Gasteiger partial charge in [-0.25, -0.2) is 18.5 Å². The number of carbonyl (C=O) groups is 1. The molecule has 0 fully saturated rings. The molecule has 2 N–H and O–H groups in total. The predicted octanol–water partition coefficient (Wildman–Crippen LogP) is 4.05. The fourth-order valence-corrected chi connectivity index (χ4v) is 3.58. The lowest BCUT2D eigenvalue weighted by atomic mass is 10.0. The van der Waals surface area contributed by atoms with Crippen LogP contribution in [0.5, 0.6) is 11.6 Å². The summed E-state index contributed by atoms with van der Waals surface area (Å²) in [6.07, 6.45) is 1.27. The molecule has 2 aromatic carbocycles. The largest absolute Gasteiger partial charge is 0.481 e. The number of aliphatic carboxylic acids is 1. The molecular weight excluding hydrogens is 509 g/mol. The van der Waals surface area contributed by atoms with Crippen LogP contribution in [-0.2, 0) is 11.3 Å². The minimum Gasteiger partial charge on any atom is -0.481 e. The highest BCUT2D eigenvalue weighted by atomic mass is 35.5. The van der Waals surface area contributed by atoms with Crippen molar-refractivity contribution >= 4 is 29.2 Å². The summed E-state index contributed by atoms with van der Waals surface area (Å²) in [4.78, 5) is 41.8. The third kappa shape index (κ3) is 5.70. The Hall–Kier alpha value is -4.45. The lowest BCUT2D eigenvalue weighted by Crippen LogP contribution is -2.46. The molecule has 2 aromatic heterocycles. The SMILES string of the molecule is C[C@@H](C(=O)O)[C@H](C)n1c(=O)nc(Nc2ccc(Oc3ccon3)c(F)c2)n(Cc2ccc(Cl)cc2)c1=O. The molecule has 0 bridgehead atoms. The second-order valence-corrected chi connectivity index (χ2v) is 8.60. The minimum absolute atomic E-state index is 0.0321. The first-order chi connectivity index (χ1) is 17.6. The van der Waals surface area contributed by atoms with Crippen LogP contribution in [0.2, 0.25) is 5.02 Å². The third-order valence-electron chi connectivity index (χ3n) is 5.69. The van der Waals surface area contributed by atoms with Gasteiger partial charge in [-0.3, -0.25) is 9.36 Å². The van der Waals surface area contributed by atoms with Crippen LogP contribution >= 0.6 is 11.6 Å². The van der Waals surface area contributed by atoms with Crippen LogP contribution in [0, 0.1) is 11.7 Å². The lowest BCUT2D eigenvalue weighted by Gasteiger charge is -2.21. The number of nitrogens with zero attached hydrogens (tertiary/aromatic N) is 4. The molecule has 0 amide bonds. The number of carboxylic acids is 1. The molecule has 0 spiro atoms. The number of carboxylic acid groups (broad SMARTS) is 1. The summed E-state index contributed by atoms with van der Waals surface area (Å²) in [5, 5.41) is 16.2. The summed E-state index contributed by atoms with van der Waals surface area (Å²) in [6.45, 7) is 2.81. The first kappa shape index (κ1) is 25.6. The Kier molecular flexibility index (Phi) is 7.39. The molecule has 0 saturated heterocycles. The van der Waals surface area contributed by atoms with Gasteiger partial charge in [0, 0.05) is 22.8 Å². The molecule has 0 aliphatic carbocycles. The fourth-order valence-electron chi connectivity index (χ4n) is 3.45. The Morgan fingerprint density at radius 1 is 1.19 bits per heavy atom. The Balaban J connectivity index is 1.74. The number of aromatic nitrogens is 4. The highest BCUT2D eigenvalue weighted by molar-refractivity contribution is 6.30. The Bertz CT molecular complexity index is 1530. The summed E-state index contributed by atoms with van der Waals surface area (Å²) in [5.41, 5.74) is -0.912. The average molecular weight is 530 g/mol. The number of hydrogen-bond donors (Lipinski definition) is 2. The molecule has 4 rings (SSSR count). The van der Waals surface area contributed by atoms with Crippen molar-refractivity contribution in [1.82, 2.24) is 19.3 Å². The van der Waals surface area contributed by atoms with Gasteiger partial charge in [0.25, 0.3) is 5.88 Å². The zero-order valence-corrected chi connectivity index (χ0v) is 20.3. The molecule has 0 radical (unpaired) electrons. The quantitative estimate of drug-likeness (QED) is 0.328. The van der Waals surface area contributed by atoms with Gasteiger partial charge in [-0.05, 0) is 48.8 Å². The Morgan fingerprint density at radius 2 is 1.92 bits per heavy atom. The third-order valence-corrected chi connectivity index (χ3v) is 5.94. The zero-order chi connectivity index (χ0) is 26.7. The summed E-state index contributed by atoms with van der Waals surface area (Å²) in [6, 6.07) is 10.9. The first-order valence-corrected chi connectivity index (χ1v) is 11.4. The number of benzene rings is 2. The number of anilines is 2. The van der Waals surface area contributed by atoms with Crippen LogP contribution in [0.15, 0.2) is 68.9 Å². The van der Waals surface area contributed by atoms with Gasteiger partial charge in [0.05, 0.1) is 18.5 Å². The van der Waals surface area contributed by atoms with E-state index in [0.29, 0.717) is 10.6 Å². The van der Waals surface area contributed by atoms with Gasteiger partial charge in [0.1, 0.15) is 6.26 Å². The van der Waals surface area contributed by atoms with Crippen molar-refractivity contribution in [3.63, 3.8) is 0 Å². The molecule has 0 aliphatic rings. The van der Waals surface area contributed by atoms with Gasteiger partial charge in [0.2, 0.25) is 5.95 Å².